The molecule has 0 aromatic carbocycles. The van der Waals surface area contributed by atoms with E-state index in [-0.39, 0.29) is 6.10 Å². The normalized spacial score (nSPS) is 12.3. The van der Waals surface area contributed by atoms with Gasteiger partial charge in [-0.1, -0.05) is 27.7 Å². The molecule has 1 unspecified atom stereocenters. The Morgan fingerprint density at radius 3 is 2.30 bits per heavy atom. The van der Waals surface area contributed by atoms with E-state index in [2.05, 4.69) is 41.0 Å². The third kappa shape index (κ3) is 5.59. The first-order chi connectivity index (χ1) is 9.56. The van der Waals surface area contributed by atoms with Crippen LogP contribution in [0.1, 0.15) is 47.5 Å². The van der Waals surface area contributed by atoms with Crippen LogP contribution in [0.5, 0.6) is 12.0 Å². The van der Waals surface area contributed by atoms with Gasteiger partial charge in [-0.3, -0.25) is 0 Å². The molecule has 0 aliphatic rings. The van der Waals surface area contributed by atoms with E-state index in [4.69, 9.17) is 9.47 Å². The molecule has 1 N–H and O–H groups in total. The van der Waals surface area contributed by atoms with Crippen LogP contribution in [0.15, 0.2) is 0 Å². The van der Waals surface area contributed by atoms with Gasteiger partial charge in [0.25, 0.3) is 0 Å². The topological polar surface area (TPSA) is 69.2 Å². The maximum Gasteiger partial charge on any atom is 0.324 e. The van der Waals surface area contributed by atoms with Crippen LogP contribution in [-0.4, -0.2) is 34.2 Å². The second kappa shape index (κ2) is 8.55. The van der Waals surface area contributed by atoms with Crippen molar-refractivity contribution in [1.82, 2.24) is 15.0 Å². The minimum absolute atomic E-state index is 0.0375. The molecule has 6 heteroatoms. The lowest BCUT2D eigenvalue weighted by atomic mass is 10.1. The first-order valence-electron chi connectivity index (χ1n) is 7.36. The van der Waals surface area contributed by atoms with Gasteiger partial charge in [-0.2, -0.15) is 9.97 Å². The maximum atomic E-state index is 5.73. The minimum Gasteiger partial charge on any atom is -0.463 e. The molecule has 0 radical (unpaired) electrons. The molecule has 0 aliphatic carbocycles. The number of aromatic nitrogens is 3. The molecule has 0 saturated carbocycles. The summed E-state index contributed by atoms with van der Waals surface area (Å²) >= 11 is 0. The summed E-state index contributed by atoms with van der Waals surface area (Å²) in [5, 5.41) is 3.13. The van der Waals surface area contributed by atoms with E-state index in [1.165, 1.54) is 0 Å². The molecule has 1 rings (SSSR count). The standard InChI is InChI=1S/C14H26N4O2/c1-6-8-15-12-16-13(19-9-7-2)18-14(17-12)20-11(5)10(3)4/h10-11H,6-9H2,1-5H3,(H,15,16,17,18). The molecule has 20 heavy (non-hydrogen) atoms. The lowest BCUT2D eigenvalue weighted by Gasteiger charge is -2.17. The Hall–Kier alpha value is -1.59. The second-order valence-corrected chi connectivity index (χ2v) is 5.07. The summed E-state index contributed by atoms with van der Waals surface area (Å²) in [6.45, 7) is 11.7. The van der Waals surface area contributed by atoms with Gasteiger partial charge in [0, 0.05) is 6.54 Å². The summed E-state index contributed by atoms with van der Waals surface area (Å²) < 4.78 is 11.2. The van der Waals surface area contributed by atoms with Crippen molar-refractivity contribution in [3.63, 3.8) is 0 Å². The first kappa shape index (κ1) is 16.5. The molecule has 1 heterocycles. The second-order valence-electron chi connectivity index (χ2n) is 5.07. The highest BCUT2D eigenvalue weighted by Gasteiger charge is 2.14. The number of nitrogens with one attached hydrogen (secondary N) is 1. The molecule has 6 nitrogen and oxygen atoms in total. The van der Waals surface area contributed by atoms with Crippen LogP contribution >= 0.6 is 0 Å². The fraction of sp³-hybridized carbons (Fsp3) is 0.786. The predicted molar refractivity (Wildman–Crippen MR) is 79.3 cm³/mol. The van der Waals surface area contributed by atoms with E-state index in [1.807, 2.05) is 13.8 Å². The molecular weight excluding hydrogens is 256 g/mol. The van der Waals surface area contributed by atoms with Crippen LogP contribution in [-0.2, 0) is 0 Å². The van der Waals surface area contributed by atoms with Gasteiger partial charge in [0.05, 0.1) is 6.61 Å². The van der Waals surface area contributed by atoms with Crippen LogP contribution in [0.3, 0.4) is 0 Å². The highest BCUT2D eigenvalue weighted by atomic mass is 16.5. The van der Waals surface area contributed by atoms with E-state index in [1.54, 1.807) is 0 Å². The van der Waals surface area contributed by atoms with Crippen molar-refractivity contribution in [3.8, 4) is 12.0 Å². The molecule has 1 aromatic rings. The number of rotatable bonds is 9. The number of nitrogens with zero attached hydrogens (tertiary/aromatic N) is 3. The molecule has 0 saturated heterocycles. The van der Waals surface area contributed by atoms with Gasteiger partial charge >= 0.3 is 12.0 Å². The quantitative estimate of drug-likeness (QED) is 0.751. The van der Waals surface area contributed by atoms with Crippen molar-refractivity contribution in [1.29, 1.82) is 0 Å². The highest BCUT2D eigenvalue weighted by molar-refractivity contribution is 5.27. The van der Waals surface area contributed by atoms with Crippen molar-refractivity contribution < 1.29 is 9.47 Å². The van der Waals surface area contributed by atoms with Gasteiger partial charge in [0.1, 0.15) is 6.10 Å². The summed E-state index contributed by atoms with van der Waals surface area (Å²) in [5.74, 6) is 0.887. The van der Waals surface area contributed by atoms with Crippen LogP contribution in [0, 0.1) is 5.92 Å². The number of hydrogen-bond donors (Lipinski definition) is 1. The number of hydrogen-bond acceptors (Lipinski definition) is 6. The lowest BCUT2D eigenvalue weighted by Crippen LogP contribution is -2.21. The van der Waals surface area contributed by atoms with Crippen LogP contribution in [0.25, 0.3) is 0 Å². The molecule has 1 aromatic heterocycles. The van der Waals surface area contributed by atoms with Crippen molar-refractivity contribution in [2.24, 2.45) is 5.92 Å². The van der Waals surface area contributed by atoms with Gasteiger partial charge in [-0.25, -0.2) is 0 Å². The first-order valence-corrected chi connectivity index (χ1v) is 7.36. The van der Waals surface area contributed by atoms with E-state index < -0.39 is 0 Å². The highest BCUT2D eigenvalue weighted by Crippen LogP contribution is 2.16. The van der Waals surface area contributed by atoms with Gasteiger partial charge in [-0.05, 0) is 25.7 Å². The van der Waals surface area contributed by atoms with Crippen molar-refractivity contribution in [3.05, 3.63) is 0 Å². The Morgan fingerprint density at radius 2 is 1.70 bits per heavy atom. The molecule has 0 amide bonds. The summed E-state index contributed by atoms with van der Waals surface area (Å²) in [6, 6.07) is 0.623. The van der Waals surface area contributed by atoms with E-state index in [9.17, 15) is 0 Å². The molecule has 0 spiro atoms. The SMILES string of the molecule is CCCNc1nc(OCCC)nc(OC(C)C(C)C)n1. The van der Waals surface area contributed by atoms with Crippen LogP contribution < -0.4 is 14.8 Å². The summed E-state index contributed by atoms with van der Waals surface area (Å²) in [7, 11) is 0. The van der Waals surface area contributed by atoms with Gasteiger partial charge in [-0.15, -0.1) is 4.98 Å². The molecule has 0 fully saturated rings. The molecule has 114 valence electrons. The smallest absolute Gasteiger partial charge is 0.324 e. The Labute approximate surface area is 121 Å². The molecule has 1 atom stereocenters. The maximum absolute atomic E-state index is 5.73. The Bertz CT molecular complexity index is 373. The number of anilines is 1. The lowest BCUT2D eigenvalue weighted by molar-refractivity contribution is 0.152. The fourth-order valence-corrected chi connectivity index (χ4v) is 1.27. The Morgan fingerprint density at radius 1 is 1.00 bits per heavy atom. The summed E-state index contributed by atoms with van der Waals surface area (Å²) in [6.07, 6.45) is 1.94. The predicted octanol–water partition coefficient (Wildman–Crippen LogP) is 2.91. The minimum atomic E-state index is 0.0375. The third-order valence-corrected chi connectivity index (χ3v) is 2.79. The zero-order chi connectivity index (χ0) is 15.0. The average Bonchev–Trinajstić information content (AvgIpc) is 2.42. The van der Waals surface area contributed by atoms with Crippen LogP contribution in [0.4, 0.5) is 5.95 Å². The number of ether oxygens (including phenoxy) is 2. The van der Waals surface area contributed by atoms with Crippen molar-refractivity contribution >= 4 is 5.95 Å². The Balaban J connectivity index is 2.84. The van der Waals surface area contributed by atoms with Crippen LogP contribution in [0.2, 0.25) is 0 Å². The van der Waals surface area contributed by atoms with Gasteiger partial charge < -0.3 is 14.8 Å². The summed E-state index contributed by atoms with van der Waals surface area (Å²) in [5.41, 5.74) is 0. The van der Waals surface area contributed by atoms with E-state index in [0.29, 0.717) is 30.5 Å². The van der Waals surface area contributed by atoms with Gasteiger partial charge in [0.2, 0.25) is 5.95 Å². The largest absolute Gasteiger partial charge is 0.463 e. The average molecular weight is 282 g/mol. The molecule has 0 bridgehead atoms. The zero-order valence-electron chi connectivity index (χ0n) is 13.1. The molecule has 0 aliphatic heterocycles. The van der Waals surface area contributed by atoms with E-state index in [0.717, 1.165) is 19.4 Å². The molecular formula is C14H26N4O2. The summed E-state index contributed by atoms with van der Waals surface area (Å²) in [4.78, 5) is 12.7. The Kier molecular flexibility index (Phi) is 7.04. The zero-order valence-corrected chi connectivity index (χ0v) is 13.1. The fourth-order valence-electron chi connectivity index (χ4n) is 1.27. The van der Waals surface area contributed by atoms with Crippen molar-refractivity contribution in [2.75, 3.05) is 18.5 Å². The monoisotopic (exact) mass is 282 g/mol. The van der Waals surface area contributed by atoms with Gasteiger partial charge in [0.15, 0.2) is 0 Å². The third-order valence-electron chi connectivity index (χ3n) is 2.79. The van der Waals surface area contributed by atoms with Crippen molar-refractivity contribution in [2.45, 2.75) is 53.6 Å². The van der Waals surface area contributed by atoms with E-state index >= 15 is 0 Å².